The summed E-state index contributed by atoms with van der Waals surface area (Å²) >= 11 is 0. The van der Waals surface area contributed by atoms with Gasteiger partial charge in [-0.05, 0) is 49.1 Å². The van der Waals surface area contributed by atoms with E-state index in [9.17, 15) is 8.42 Å². The van der Waals surface area contributed by atoms with E-state index in [1.54, 1.807) is 4.31 Å². The van der Waals surface area contributed by atoms with Gasteiger partial charge in [0.05, 0.1) is 22.7 Å². The van der Waals surface area contributed by atoms with Crippen molar-refractivity contribution in [2.45, 2.75) is 31.1 Å². The van der Waals surface area contributed by atoms with Crippen LogP contribution in [0.25, 0.3) is 10.9 Å². The van der Waals surface area contributed by atoms with Crippen LogP contribution in [0.1, 0.15) is 24.0 Å². The first-order valence-electron chi connectivity index (χ1n) is 9.85. The first-order valence-corrected chi connectivity index (χ1v) is 11.4. The summed E-state index contributed by atoms with van der Waals surface area (Å²) in [6.07, 6.45) is 4.26. The number of para-hydroxylation sites is 1. The van der Waals surface area contributed by atoms with Crippen LogP contribution in [0.2, 0.25) is 0 Å². The Morgan fingerprint density at radius 1 is 1.14 bits per heavy atom. The number of likely N-dealkylation sites (tertiary alicyclic amines) is 1. The number of aromatic amines is 1. The van der Waals surface area contributed by atoms with Gasteiger partial charge >= 0.3 is 0 Å². The smallest absolute Gasteiger partial charge is 0.239 e. The molecule has 7 heteroatoms. The SMILES string of the molecule is O=S(=O)(C1CCCN(Cc2ccc3cn[nH]c3c2)C1)N1CCc2ccccc21. The average Bonchev–Trinajstić information content (AvgIpc) is 3.35. The lowest BCUT2D eigenvalue weighted by Crippen LogP contribution is -2.47. The summed E-state index contributed by atoms with van der Waals surface area (Å²) in [6, 6.07) is 14.1. The van der Waals surface area contributed by atoms with E-state index in [4.69, 9.17) is 0 Å². The van der Waals surface area contributed by atoms with Gasteiger partial charge in [0, 0.05) is 25.0 Å². The first-order chi connectivity index (χ1) is 13.6. The second-order valence-electron chi connectivity index (χ2n) is 7.79. The fourth-order valence-corrected chi connectivity index (χ4v) is 6.51. The number of nitrogens with one attached hydrogen (secondary N) is 1. The normalized spacial score (nSPS) is 20.6. The minimum Gasteiger partial charge on any atom is -0.298 e. The van der Waals surface area contributed by atoms with Crippen molar-refractivity contribution in [2.75, 3.05) is 23.9 Å². The third-order valence-electron chi connectivity index (χ3n) is 5.95. The molecule has 2 aromatic carbocycles. The number of benzene rings is 2. The molecule has 1 atom stereocenters. The molecule has 28 heavy (non-hydrogen) atoms. The molecule has 3 heterocycles. The average molecular weight is 397 g/mol. The first kappa shape index (κ1) is 17.7. The third-order valence-corrected chi connectivity index (χ3v) is 8.17. The number of anilines is 1. The van der Waals surface area contributed by atoms with Crippen LogP contribution in [0.3, 0.4) is 0 Å². The van der Waals surface area contributed by atoms with E-state index in [0.29, 0.717) is 13.1 Å². The highest BCUT2D eigenvalue weighted by atomic mass is 32.2. The molecule has 1 fully saturated rings. The maximum atomic E-state index is 13.4. The van der Waals surface area contributed by atoms with Crippen molar-refractivity contribution < 1.29 is 8.42 Å². The number of rotatable bonds is 4. The summed E-state index contributed by atoms with van der Waals surface area (Å²) < 4.78 is 28.4. The van der Waals surface area contributed by atoms with Gasteiger partial charge in [0.2, 0.25) is 10.0 Å². The number of nitrogens with zero attached hydrogens (tertiary/aromatic N) is 3. The lowest BCUT2D eigenvalue weighted by molar-refractivity contribution is 0.222. The van der Waals surface area contributed by atoms with E-state index in [1.807, 2.05) is 30.5 Å². The van der Waals surface area contributed by atoms with Crippen molar-refractivity contribution in [1.82, 2.24) is 15.1 Å². The van der Waals surface area contributed by atoms with Gasteiger partial charge in [0.1, 0.15) is 0 Å². The van der Waals surface area contributed by atoms with Crippen LogP contribution in [-0.4, -0.2) is 48.4 Å². The Hall–Kier alpha value is -2.38. The molecule has 2 aliphatic rings. The summed E-state index contributed by atoms with van der Waals surface area (Å²) in [5.74, 6) is 0. The topological polar surface area (TPSA) is 69.3 Å². The standard InChI is InChI=1S/C21H24N4O2S/c26-28(27,25-11-9-17-4-1-2-6-21(17)25)19-5-3-10-24(15-19)14-16-7-8-18-13-22-23-20(18)12-16/h1-2,4,6-8,12-13,19H,3,5,9-11,14-15H2,(H,22,23). The molecule has 2 aliphatic heterocycles. The summed E-state index contributed by atoms with van der Waals surface area (Å²) in [5.41, 5.74) is 4.20. The number of sulfonamides is 1. The Balaban J connectivity index is 1.33. The quantitative estimate of drug-likeness (QED) is 0.736. The molecular formula is C21H24N4O2S. The van der Waals surface area contributed by atoms with E-state index in [-0.39, 0.29) is 5.25 Å². The minimum absolute atomic E-state index is 0.344. The number of hydrogen-bond donors (Lipinski definition) is 1. The number of H-pyrrole nitrogens is 1. The van der Waals surface area contributed by atoms with Gasteiger partial charge in [0.25, 0.3) is 0 Å². The second-order valence-corrected chi connectivity index (χ2v) is 9.92. The molecule has 0 aliphatic carbocycles. The molecule has 1 aromatic heterocycles. The van der Waals surface area contributed by atoms with Gasteiger partial charge in [-0.2, -0.15) is 5.10 Å². The van der Waals surface area contributed by atoms with Crippen LogP contribution in [0.15, 0.2) is 48.7 Å². The summed E-state index contributed by atoms with van der Waals surface area (Å²) in [6.45, 7) is 2.85. The second kappa shape index (κ2) is 6.90. The van der Waals surface area contributed by atoms with Gasteiger partial charge in [-0.3, -0.25) is 14.3 Å². The molecule has 0 spiro atoms. The van der Waals surface area contributed by atoms with E-state index in [0.717, 1.165) is 54.5 Å². The minimum atomic E-state index is -3.35. The fourth-order valence-electron chi connectivity index (χ4n) is 4.49. The van der Waals surface area contributed by atoms with Crippen LogP contribution in [-0.2, 0) is 23.0 Å². The number of aromatic nitrogens is 2. The molecule has 146 valence electrons. The molecular weight excluding hydrogens is 372 g/mol. The summed E-state index contributed by atoms with van der Waals surface area (Å²) in [5, 5.41) is 7.83. The van der Waals surface area contributed by atoms with E-state index < -0.39 is 10.0 Å². The fraction of sp³-hybridized carbons (Fsp3) is 0.381. The third kappa shape index (κ3) is 3.08. The maximum absolute atomic E-state index is 13.4. The van der Waals surface area contributed by atoms with Crippen LogP contribution in [0, 0.1) is 0 Å². The predicted octanol–water partition coefficient (Wildman–Crippen LogP) is 2.92. The predicted molar refractivity (Wildman–Crippen MR) is 111 cm³/mol. The Morgan fingerprint density at radius 3 is 2.96 bits per heavy atom. The highest BCUT2D eigenvalue weighted by Crippen LogP contribution is 2.33. The molecule has 5 rings (SSSR count). The highest BCUT2D eigenvalue weighted by molar-refractivity contribution is 7.93. The zero-order valence-electron chi connectivity index (χ0n) is 15.7. The van der Waals surface area contributed by atoms with Gasteiger partial charge < -0.3 is 0 Å². The lowest BCUT2D eigenvalue weighted by atomic mass is 10.1. The Labute approximate surface area is 165 Å². The molecule has 3 aromatic rings. The number of fused-ring (bicyclic) bond motifs is 2. The van der Waals surface area contributed by atoms with Crippen molar-refractivity contribution in [3.63, 3.8) is 0 Å². The van der Waals surface area contributed by atoms with Crippen LogP contribution >= 0.6 is 0 Å². The monoisotopic (exact) mass is 396 g/mol. The van der Waals surface area contributed by atoms with Crippen molar-refractivity contribution in [1.29, 1.82) is 0 Å². The molecule has 0 bridgehead atoms. The maximum Gasteiger partial charge on any atom is 0.239 e. The molecule has 0 radical (unpaired) electrons. The van der Waals surface area contributed by atoms with Gasteiger partial charge in [-0.25, -0.2) is 8.42 Å². The van der Waals surface area contributed by atoms with Gasteiger partial charge in [0.15, 0.2) is 0 Å². The van der Waals surface area contributed by atoms with E-state index >= 15 is 0 Å². The summed E-state index contributed by atoms with van der Waals surface area (Å²) in [7, 11) is -3.35. The Bertz CT molecular complexity index is 1110. The van der Waals surface area contributed by atoms with Crippen LogP contribution < -0.4 is 4.31 Å². The van der Waals surface area contributed by atoms with Crippen molar-refractivity contribution in [2.24, 2.45) is 0 Å². The van der Waals surface area contributed by atoms with Crippen molar-refractivity contribution >= 4 is 26.6 Å². The van der Waals surface area contributed by atoms with Crippen molar-refractivity contribution in [3.8, 4) is 0 Å². The molecule has 1 N–H and O–H groups in total. The van der Waals surface area contributed by atoms with Crippen molar-refractivity contribution in [3.05, 3.63) is 59.8 Å². The van der Waals surface area contributed by atoms with Gasteiger partial charge in [-0.15, -0.1) is 0 Å². The number of hydrogen-bond acceptors (Lipinski definition) is 4. The van der Waals surface area contributed by atoms with E-state index in [2.05, 4.69) is 33.3 Å². The molecule has 1 saturated heterocycles. The molecule has 6 nitrogen and oxygen atoms in total. The molecule has 0 saturated carbocycles. The molecule has 0 amide bonds. The lowest BCUT2D eigenvalue weighted by Gasteiger charge is -2.35. The largest absolute Gasteiger partial charge is 0.298 e. The van der Waals surface area contributed by atoms with E-state index in [1.165, 1.54) is 5.56 Å². The molecule has 1 unspecified atom stereocenters. The Kier molecular flexibility index (Phi) is 4.36. The van der Waals surface area contributed by atoms with Crippen LogP contribution in [0.4, 0.5) is 5.69 Å². The zero-order valence-corrected chi connectivity index (χ0v) is 16.5. The van der Waals surface area contributed by atoms with Gasteiger partial charge in [-0.1, -0.05) is 30.3 Å². The Morgan fingerprint density at radius 2 is 2.04 bits per heavy atom. The summed E-state index contributed by atoms with van der Waals surface area (Å²) in [4.78, 5) is 2.27. The zero-order chi connectivity index (χ0) is 19.1. The highest BCUT2D eigenvalue weighted by Gasteiger charge is 2.38. The van der Waals surface area contributed by atoms with Crippen LogP contribution in [0.5, 0.6) is 0 Å². The number of piperidine rings is 1.